The summed E-state index contributed by atoms with van der Waals surface area (Å²) in [7, 11) is -3.35. The molecule has 4 nitrogen and oxygen atoms in total. The predicted molar refractivity (Wildman–Crippen MR) is 86.0 cm³/mol. The summed E-state index contributed by atoms with van der Waals surface area (Å²) in [5.74, 6) is 0.773. The lowest BCUT2D eigenvalue weighted by molar-refractivity contribution is 0.432. The van der Waals surface area contributed by atoms with Gasteiger partial charge in [0.25, 0.3) is 0 Å². The number of sulfonamides is 1. The SMILES string of the molecule is CCNCc1sc(S(=O)(=O)NCC2(C3CC3)CC2)cc1C. The highest BCUT2D eigenvalue weighted by molar-refractivity contribution is 7.91. The molecule has 1 aromatic rings. The fourth-order valence-electron chi connectivity index (χ4n) is 2.93. The van der Waals surface area contributed by atoms with Crippen molar-refractivity contribution in [2.24, 2.45) is 11.3 Å². The summed E-state index contributed by atoms with van der Waals surface area (Å²) >= 11 is 1.39. The normalized spacial score (nSPS) is 20.7. The van der Waals surface area contributed by atoms with E-state index in [1.807, 2.05) is 6.92 Å². The summed E-state index contributed by atoms with van der Waals surface area (Å²) in [6.07, 6.45) is 4.95. The van der Waals surface area contributed by atoms with Gasteiger partial charge in [-0.3, -0.25) is 0 Å². The van der Waals surface area contributed by atoms with Crippen molar-refractivity contribution >= 4 is 21.4 Å². The Balaban J connectivity index is 1.66. The zero-order valence-electron chi connectivity index (χ0n) is 12.7. The maximum absolute atomic E-state index is 12.5. The maximum atomic E-state index is 12.5. The molecule has 2 aliphatic carbocycles. The Morgan fingerprint density at radius 2 is 2.10 bits per heavy atom. The standard InChI is InChI=1S/C15H24N2O2S2/c1-3-16-9-13-11(2)8-14(20-13)21(18,19)17-10-15(6-7-15)12-4-5-12/h8,12,16-17H,3-7,9-10H2,1-2H3. The van der Waals surface area contributed by atoms with Crippen LogP contribution in [0.2, 0.25) is 0 Å². The molecule has 2 aliphatic rings. The number of hydrogen-bond acceptors (Lipinski definition) is 4. The minimum Gasteiger partial charge on any atom is -0.312 e. The molecule has 118 valence electrons. The lowest BCUT2D eigenvalue weighted by Gasteiger charge is -2.14. The van der Waals surface area contributed by atoms with Crippen LogP contribution in [0.5, 0.6) is 0 Å². The highest BCUT2D eigenvalue weighted by atomic mass is 32.2. The van der Waals surface area contributed by atoms with Crippen molar-refractivity contribution < 1.29 is 8.42 Å². The predicted octanol–water partition coefficient (Wildman–Crippen LogP) is 2.63. The van der Waals surface area contributed by atoms with Crippen LogP contribution in [0.3, 0.4) is 0 Å². The van der Waals surface area contributed by atoms with E-state index in [1.54, 1.807) is 6.07 Å². The largest absolute Gasteiger partial charge is 0.312 e. The molecule has 0 aromatic carbocycles. The van der Waals surface area contributed by atoms with Crippen LogP contribution in [-0.2, 0) is 16.6 Å². The van der Waals surface area contributed by atoms with E-state index in [0.29, 0.717) is 16.2 Å². The second-order valence-electron chi connectivity index (χ2n) is 6.41. The third-order valence-corrected chi connectivity index (χ3v) is 7.86. The Morgan fingerprint density at radius 1 is 1.38 bits per heavy atom. The Morgan fingerprint density at radius 3 is 2.67 bits per heavy atom. The van der Waals surface area contributed by atoms with Gasteiger partial charge in [0.05, 0.1) is 0 Å². The van der Waals surface area contributed by atoms with Gasteiger partial charge in [-0.1, -0.05) is 6.92 Å². The monoisotopic (exact) mass is 328 g/mol. The summed E-state index contributed by atoms with van der Waals surface area (Å²) in [6.45, 7) is 6.29. The lowest BCUT2D eigenvalue weighted by Crippen LogP contribution is -2.30. The van der Waals surface area contributed by atoms with Crippen molar-refractivity contribution in [1.29, 1.82) is 0 Å². The topological polar surface area (TPSA) is 58.2 Å². The van der Waals surface area contributed by atoms with Crippen molar-refractivity contribution in [1.82, 2.24) is 10.0 Å². The van der Waals surface area contributed by atoms with Crippen LogP contribution in [-0.4, -0.2) is 21.5 Å². The van der Waals surface area contributed by atoms with Gasteiger partial charge in [-0.15, -0.1) is 11.3 Å². The molecule has 6 heteroatoms. The first kappa shape index (κ1) is 15.5. The molecule has 0 radical (unpaired) electrons. The maximum Gasteiger partial charge on any atom is 0.250 e. The van der Waals surface area contributed by atoms with Gasteiger partial charge in [-0.2, -0.15) is 0 Å². The van der Waals surface area contributed by atoms with Gasteiger partial charge in [0.15, 0.2) is 0 Å². The van der Waals surface area contributed by atoms with Crippen LogP contribution in [0.15, 0.2) is 10.3 Å². The van der Waals surface area contributed by atoms with Crippen molar-refractivity contribution in [3.05, 3.63) is 16.5 Å². The van der Waals surface area contributed by atoms with Crippen molar-refractivity contribution in [2.45, 2.75) is 50.3 Å². The van der Waals surface area contributed by atoms with Crippen LogP contribution in [0.25, 0.3) is 0 Å². The molecule has 0 amide bonds. The van der Waals surface area contributed by atoms with Gasteiger partial charge >= 0.3 is 0 Å². The minimum absolute atomic E-state index is 0.298. The molecule has 1 aromatic heterocycles. The molecule has 0 saturated heterocycles. The van der Waals surface area contributed by atoms with E-state index in [0.717, 1.165) is 29.4 Å². The van der Waals surface area contributed by atoms with Crippen LogP contribution in [0, 0.1) is 18.3 Å². The van der Waals surface area contributed by atoms with Gasteiger partial charge in [0.2, 0.25) is 10.0 Å². The molecule has 0 aliphatic heterocycles. The number of nitrogens with one attached hydrogen (secondary N) is 2. The molecule has 2 fully saturated rings. The summed E-state index contributed by atoms with van der Waals surface area (Å²) in [5.41, 5.74) is 1.36. The Labute approximate surface area is 131 Å². The smallest absolute Gasteiger partial charge is 0.250 e. The van der Waals surface area contributed by atoms with E-state index in [-0.39, 0.29) is 0 Å². The highest BCUT2D eigenvalue weighted by Gasteiger charge is 2.53. The number of aryl methyl sites for hydroxylation is 1. The van der Waals surface area contributed by atoms with Gasteiger partial charge in [0.1, 0.15) is 4.21 Å². The fourth-order valence-corrected chi connectivity index (χ4v) is 5.67. The fraction of sp³-hybridized carbons (Fsp3) is 0.733. The Kier molecular flexibility index (Phi) is 4.16. The molecule has 0 spiro atoms. The lowest BCUT2D eigenvalue weighted by atomic mass is 10.0. The van der Waals surface area contributed by atoms with E-state index in [4.69, 9.17) is 0 Å². The number of rotatable bonds is 8. The number of hydrogen-bond donors (Lipinski definition) is 2. The molecule has 21 heavy (non-hydrogen) atoms. The summed E-state index contributed by atoms with van der Waals surface area (Å²) in [5, 5.41) is 3.25. The molecular formula is C15H24N2O2S2. The second-order valence-corrected chi connectivity index (χ2v) is 9.54. The first-order valence-electron chi connectivity index (χ1n) is 7.76. The molecule has 1 heterocycles. The molecule has 0 bridgehead atoms. The minimum atomic E-state index is -3.35. The summed E-state index contributed by atoms with van der Waals surface area (Å²) < 4.78 is 28.3. The van der Waals surface area contributed by atoms with Crippen molar-refractivity contribution in [3.63, 3.8) is 0 Å². The average Bonchev–Trinajstić information content (AvgIpc) is 3.33. The molecule has 2 saturated carbocycles. The second kappa shape index (κ2) is 5.65. The van der Waals surface area contributed by atoms with Crippen LogP contribution in [0.1, 0.15) is 43.0 Å². The van der Waals surface area contributed by atoms with E-state index in [1.165, 1.54) is 37.0 Å². The first-order valence-corrected chi connectivity index (χ1v) is 10.1. The zero-order chi connectivity index (χ0) is 15.1. The highest BCUT2D eigenvalue weighted by Crippen LogP contribution is 2.60. The summed E-state index contributed by atoms with van der Waals surface area (Å²) in [4.78, 5) is 1.11. The first-order chi connectivity index (χ1) is 9.97. The third kappa shape index (κ3) is 3.33. The number of thiophene rings is 1. The quantitative estimate of drug-likeness (QED) is 0.771. The van der Waals surface area contributed by atoms with Gasteiger partial charge in [-0.05, 0) is 62.1 Å². The van der Waals surface area contributed by atoms with E-state index in [9.17, 15) is 8.42 Å². The van der Waals surface area contributed by atoms with Crippen LogP contribution < -0.4 is 10.0 Å². The zero-order valence-corrected chi connectivity index (χ0v) is 14.4. The van der Waals surface area contributed by atoms with E-state index in [2.05, 4.69) is 17.0 Å². The molecule has 0 unspecified atom stereocenters. The van der Waals surface area contributed by atoms with Crippen LogP contribution in [0.4, 0.5) is 0 Å². The van der Waals surface area contributed by atoms with Crippen LogP contribution >= 0.6 is 11.3 Å². The molecule has 3 rings (SSSR count). The van der Waals surface area contributed by atoms with Gasteiger partial charge in [-0.25, -0.2) is 13.1 Å². The molecule has 0 atom stereocenters. The van der Waals surface area contributed by atoms with Crippen molar-refractivity contribution in [2.75, 3.05) is 13.1 Å². The van der Waals surface area contributed by atoms with E-state index >= 15 is 0 Å². The Bertz CT molecular complexity index is 614. The summed E-state index contributed by atoms with van der Waals surface area (Å²) in [6, 6.07) is 1.80. The van der Waals surface area contributed by atoms with Gasteiger partial charge < -0.3 is 5.32 Å². The molecule has 2 N–H and O–H groups in total. The van der Waals surface area contributed by atoms with Crippen molar-refractivity contribution in [3.8, 4) is 0 Å². The molecular weight excluding hydrogens is 304 g/mol. The Hall–Kier alpha value is -0.430. The average molecular weight is 329 g/mol. The van der Waals surface area contributed by atoms with Gasteiger partial charge in [0, 0.05) is 18.0 Å². The van der Waals surface area contributed by atoms with E-state index < -0.39 is 10.0 Å². The third-order valence-electron chi connectivity index (χ3n) is 4.75.